The zero-order valence-corrected chi connectivity index (χ0v) is 26.3. The van der Waals surface area contributed by atoms with Gasteiger partial charge in [-0.3, -0.25) is 4.79 Å². The summed E-state index contributed by atoms with van der Waals surface area (Å²) >= 11 is 0. The Bertz CT molecular complexity index is 1400. The molecule has 0 aromatic heterocycles. The van der Waals surface area contributed by atoms with Gasteiger partial charge in [-0.15, -0.1) is 0 Å². The van der Waals surface area contributed by atoms with Crippen molar-refractivity contribution in [1.82, 2.24) is 5.32 Å². The Kier molecular flexibility index (Phi) is 12.6. The molecule has 236 valence electrons. The summed E-state index contributed by atoms with van der Waals surface area (Å²) in [7, 11) is 1.46. The number of rotatable bonds is 15. The number of hydrogen-bond donors (Lipinski definition) is 2. The Balaban J connectivity index is 1.68. The molecule has 1 amide bonds. The maximum atomic E-state index is 13.1. The van der Waals surface area contributed by atoms with Gasteiger partial charge in [0, 0.05) is 17.7 Å². The van der Waals surface area contributed by atoms with E-state index in [1.807, 2.05) is 0 Å². The highest BCUT2D eigenvalue weighted by Crippen LogP contribution is 2.30. The third kappa shape index (κ3) is 10.9. The average molecular weight is 605 g/mol. The molecule has 0 saturated carbocycles. The summed E-state index contributed by atoms with van der Waals surface area (Å²) in [5, 5.41) is 2.76. The Morgan fingerprint density at radius 2 is 1.59 bits per heavy atom. The predicted octanol–water partition coefficient (Wildman–Crippen LogP) is 6.53. The average Bonchev–Trinajstić information content (AvgIpc) is 2.98. The fourth-order valence-corrected chi connectivity index (χ4v) is 4.39. The molecule has 3 aromatic rings. The molecule has 0 aliphatic heterocycles. The third-order valence-electron chi connectivity index (χ3n) is 6.62. The van der Waals surface area contributed by atoms with Crippen molar-refractivity contribution in [2.75, 3.05) is 19.5 Å². The molecule has 9 nitrogen and oxygen atoms in total. The lowest BCUT2D eigenvalue weighted by atomic mass is 10.0. The van der Waals surface area contributed by atoms with Crippen molar-refractivity contribution in [2.45, 2.75) is 77.9 Å². The molecule has 0 saturated heterocycles. The molecule has 0 aliphatic rings. The summed E-state index contributed by atoms with van der Waals surface area (Å²) in [6.07, 6.45) is 5.88. The van der Waals surface area contributed by atoms with Gasteiger partial charge in [0.15, 0.2) is 11.5 Å². The number of hydrogen-bond acceptors (Lipinski definition) is 8. The zero-order chi connectivity index (χ0) is 32.1. The number of anilines is 1. The molecule has 0 bridgehead atoms. The van der Waals surface area contributed by atoms with Crippen LogP contribution in [-0.4, -0.2) is 43.2 Å². The number of unbranched alkanes of at least 4 members (excludes halogenated alkanes) is 4. The molecule has 0 fully saturated rings. The van der Waals surface area contributed by atoms with Gasteiger partial charge >= 0.3 is 11.9 Å². The van der Waals surface area contributed by atoms with E-state index in [1.165, 1.54) is 32.4 Å². The molecule has 1 unspecified atom stereocenters. The molecule has 3 rings (SSSR count). The highest BCUT2D eigenvalue weighted by molar-refractivity contribution is 5.97. The second-order valence-electron chi connectivity index (χ2n) is 11.6. The van der Waals surface area contributed by atoms with Crippen molar-refractivity contribution < 1.29 is 33.3 Å². The first-order valence-electron chi connectivity index (χ1n) is 15.0. The molecule has 0 heterocycles. The lowest BCUT2D eigenvalue weighted by Gasteiger charge is -2.25. The molecule has 0 spiro atoms. The van der Waals surface area contributed by atoms with Gasteiger partial charge in [0.1, 0.15) is 17.4 Å². The molecular formula is C35H44N2O7. The van der Waals surface area contributed by atoms with Gasteiger partial charge < -0.3 is 30.0 Å². The van der Waals surface area contributed by atoms with Crippen molar-refractivity contribution >= 4 is 23.5 Å². The first kappa shape index (κ1) is 34.0. The van der Waals surface area contributed by atoms with Crippen LogP contribution in [0.1, 0.15) is 86.1 Å². The lowest BCUT2D eigenvalue weighted by molar-refractivity contribution is -0.157. The molecule has 3 aromatic carbocycles. The fraction of sp³-hybridized carbons (Fsp3) is 0.400. The van der Waals surface area contributed by atoms with Gasteiger partial charge in [0.05, 0.1) is 19.3 Å². The van der Waals surface area contributed by atoms with Crippen LogP contribution < -0.4 is 25.3 Å². The molecule has 1 atom stereocenters. The van der Waals surface area contributed by atoms with E-state index in [0.717, 1.165) is 12.8 Å². The molecule has 0 radical (unpaired) electrons. The van der Waals surface area contributed by atoms with Crippen molar-refractivity contribution in [2.24, 2.45) is 0 Å². The Hall–Kier alpha value is -4.53. The molecular weight excluding hydrogens is 560 g/mol. The second kappa shape index (κ2) is 16.4. The summed E-state index contributed by atoms with van der Waals surface area (Å²) in [6.45, 7) is 8.08. The van der Waals surface area contributed by atoms with Crippen molar-refractivity contribution in [3.63, 3.8) is 0 Å². The standard InChI is InChI=1S/C35H44N2O7/c1-6-7-8-9-10-20-42-28-17-15-25(16-18-28)33(39)43-30-19-14-24(22-31(30)41-5)21-29(34(40)44-35(2,3)4)37-32(38)26-12-11-13-27(36)23-26/h11-19,22-23,29H,6-10,20-21,36H2,1-5H3,(H,37,38). The van der Waals surface area contributed by atoms with E-state index < -0.39 is 29.5 Å². The first-order chi connectivity index (χ1) is 21.0. The van der Waals surface area contributed by atoms with Gasteiger partial charge in [-0.25, -0.2) is 9.59 Å². The first-order valence-corrected chi connectivity index (χ1v) is 15.0. The summed E-state index contributed by atoms with van der Waals surface area (Å²) < 4.78 is 22.5. The number of esters is 2. The van der Waals surface area contributed by atoms with E-state index in [9.17, 15) is 14.4 Å². The smallest absolute Gasteiger partial charge is 0.343 e. The molecule has 0 aliphatic carbocycles. The topological polar surface area (TPSA) is 126 Å². The van der Waals surface area contributed by atoms with E-state index >= 15 is 0 Å². The van der Waals surface area contributed by atoms with Crippen molar-refractivity contribution in [3.8, 4) is 17.2 Å². The van der Waals surface area contributed by atoms with Crippen LogP contribution in [0.25, 0.3) is 0 Å². The summed E-state index contributed by atoms with van der Waals surface area (Å²) in [5.41, 5.74) is 6.83. The minimum Gasteiger partial charge on any atom is -0.494 e. The number of carbonyl (C=O) groups excluding carboxylic acids is 3. The fourth-order valence-electron chi connectivity index (χ4n) is 4.39. The number of nitrogens with one attached hydrogen (secondary N) is 1. The minimum atomic E-state index is -1.00. The van der Waals surface area contributed by atoms with Crippen LogP contribution in [0.5, 0.6) is 17.2 Å². The summed E-state index contributed by atoms with van der Waals surface area (Å²) in [5.74, 6) is -0.401. The van der Waals surface area contributed by atoms with Gasteiger partial charge in [-0.05, 0) is 87.4 Å². The highest BCUT2D eigenvalue weighted by Gasteiger charge is 2.28. The quantitative estimate of drug-likeness (QED) is 0.0868. The SMILES string of the molecule is CCCCCCCOc1ccc(C(=O)Oc2ccc(CC(NC(=O)c3cccc(N)c3)C(=O)OC(C)(C)C)cc2OC)cc1. The van der Waals surface area contributed by atoms with E-state index in [2.05, 4.69) is 12.2 Å². The van der Waals surface area contributed by atoms with Crippen molar-refractivity contribution in [3.05, 3.63) is 83.4 Å². The number of ether oxygens (including phenoxy) is 4. The van der Waals surface area contributed by atoms with Crippen LogP contribution in [0.4, 0.5) is 5.69 Å². The number of amides is 1. The summed E-state index contributed by atoms with van der Waals surface area (Å²) in [4.78, 5) is 38.9. The number of methoxy groups -OCH3 is 1. The Morgan fingerprint density at radius 3 is 2.25 bits per heavy atom. The number of benzene rings is 3. The van der Waals surface area contributed by atoms with E-state index in [1.54, 1.807) is 81.4 Å². The summed E-state index contributed by atoms with van der Waals surface area (Å²) in [6, 6.07) is 17.2. The Morgan fingerprint density at radius 1 is 0.864 bits per heavy atom. The van der Waals surface area contributed by atoms with Crippen LogP contribution in [0.2, 0.25) is 0 Å². The van der Waals surface area contributed by atoms with Crippen molar-refractivity contribution in [1.29, 1.82) is 0 Å². The second-order valence-corrected chi connectivity index (χ2v) is 11.6. The van der Waals surface area contributed by atoms with Crippen LogP contribution in [0.15, 0.2) is 66.7 Å². The molecule has 44 heavy (non-hydrogen) atoms. The van der Waals surface area contributed by atoms with Gasteiger partial charge in [0.25, 0.3) is 5.91 Å². The van der Waals surface area contributed by atoms with Gasteiger partial charge in [-0.1, -0.05) is 44.7 Å². The molecule has 9 heteroatoms. The van der Waals surface area contributed by atoms with Crippen LogP contribution in [0.3, 0.4) is 0 Å². The number of carbonyl (C=O) groups is 3. The normalized spacial score (nSPS) is 11.8. The van der Waals surface area contributed by atoms with Gasteiger partial charge in [-0.2, -0.15) is 0 Å². The number of nitrogen functional groups attached to an aromatic ring is 1. The maximum absolute atomic E-state index is 13.1. The minimum absolute atomic E-state index is 0.105. The van der Waals surface area contributed by atoms with E-state index in [-0.39, 0.29) is 12.2 Å². The van der Waals surface area contributed by atoms with Crippen LogP contribution in [-0.2, 0) is 16.0 Å². The van der Waals surface area contributed by atoms with Crippen LogP contribution in [0, 0.1) is 0 Å². The Labute approximate surface area is 260 Å². The van der Waals surface area contributed by atoms with E-state index in [0.29, 0.717) is 40.5 Å². The van der Waals surface area contributed by atoms with Gasteiger partial charge in [0.2, 0.25) is 0 Å². The largest absolute Gasteiger partial charge is 0.494 e. The lowest BCUT2D eigenvalue weighted by Crippen LogP contribution is -2.45. The monoisotopic (exact) mass is 604 g/mol. The maximum Gasteiger partial charge on any atom is 0.343 e. The third-order valence-corrected chi connectivity index (χ3v) is 6.62. The highest BCUT2D eigenvalue weighted by atomic mass is 16.6. The van der Waals surface area contributed by atoms with Crippen LogP contribution >= 0.6 is 0 Å². The van der Waals surface area contributed by atoms with E-state index in [4.69, 9.17) is 24.7 Å². The zero-order valence-electron chi connectivity index (χ0n) is 26.3. The number of nitrogens with two attached hydrogens (primary N) is 1. The predicted molar refractivity (Wildman–Crippen MR) is 170 cm³/mol. The molecule has 3 N–H and O–H groups in total.